The number of nitro benzene ring substituents is 1. The lowest BCUT2D eigenvalue weighted by molar-refractivity contribution is -0.385. The van der Waals surface area contributed by atoms with Crippen molar-refractivity contribution in [2.24, 2.45) is 0 Å². The van der Waals surface area contributed by atoms with Gasteiger partial charge in [0.1, 0.15) is 5.56 Å². The van der Waals surface area contributed by atoms with Crippen LogP contribution in [0.4, 0.5) is 5.69 Å². The quantitative estimate of drug-likeness (QED) is 0.399. The van der Waals surface area contributed by atoms with Gasteiger partial charge < -0.3 is 14.2 Å². The average molecular weight is 403 g/mol. The molecule has 11 nitrogen and oxygen atoms in total. The van der Waals surface area contributed by atoms with E-state index in [1.807, 2.05) is 0 Å². The molecule has 2 N–H and O–H groups in total. The van der Waals surface area contributed by atoms with Crippen LogP contribution in [-0.4, -0.2) is 43.5 Å². The summed E-state index contributed by atoms with van der Waals surface area (Å²) in [5.41, 5.74) is 3.53. The molecule has 0 aromatic heterocycles. The number of nitrogens with zero attached hydrogens (tertiary/aromatic N) is 1. The summed E-state index contributed by atoms with van der Waals surface area (Å²) in [6.45, 7) is -0.778. The normalized spacial score (nSPS) is 9.86. The van der Waals surface area contributed by atoms with Crippen LogP contribution in [0.25, 0.3) is 0 Å². The van der Waals surface area contributed by atoms with Crippen molar-refractivity contribution in [3.8, 4) is 11.5 Å². The molecule has 2 amide bonds. The number of benzene rings is 2. The second-order valence-electron chi connectivity index (χ2n) is 5.43. The highest BCUT2D eigenvalue weighted by Gasteiger charge is 2.26. The van der Waals surface area contributed by atoms with E-state index < -0.39 is 40.6 Å². The number of hydrogen-bond donors (Lipinski definition) is 2. The third kappa shape index (κ3) is 5.42. The summed E-state index contributed by atoms with van der Waals surface area (Å²) in [4.78, 5) is 46.2. The summed E-state index contributed by atoms with van der Waals surface area (Å²) in [5, 5.41) is 11.2. The lowest BCUT2D eigenvalue weighted by Crippen LogP contribution is -2.43. The van der Waals surface area contributed by atoms with Gasteiger partial charge in [0, 0.05) is 11.6 Å². The van der Waals surface area contributed by atoms with Gasteiger partial charge in [0.05, 0.1) is 25.2 Å². The first kappa shape index (κ1) is 21.2. The van der Waals surface area contributed by atoms with E-state index in [9.17, 15) is 24.5 Å². The molecule has 0 saturated carbocycles. The number of amides is 2. The molecule has 0 unspecified atom stereocenters. The summed E-state index contributed by atoms with van der Waals surface area (Å²) in [7, 11) is 2.58. The Hall–Kier alpha value is -4.15. The second kappa shape index (κ2) is 9.69. The summed E-state index contributed by atoms with van der Waals surface area (Å²) in [6, 6.07) is 10.2. The fourth-order valence-corrected chi connectivity index (χ4v) is 2.22. The van der Waals surface area contributed by atoms with Gasteiger partial charge in [-0.1, -0.05) is 18.2 Å². The zero-order valence-corrected chi connectivity index (χ0v) is 15.5. The van der Waals surface area contributed by atoms with Crippen LogP contribution in [0.2, 0.25) is 0 Å². The Morgan fingerprint density at radius 3 is 2.21 bits per heavy atom. The largest absolute Gasteiger partial charge is 0.493 e. The van der Waals surface area contributed by atoms with Crippen LogP contribution in [0, 0.1) is 10.1 Å². The minimum atomic E-state index is -1.12. The molecule has 11 heteroatoms. The molecule has 2 aromatic rings. The monoisotopic (exact) mass is 403 g/mol. The van der Waals surface area contributed by atoms with Crippen LogP contribution in [0.15, 0.2) is 42.5 Å². The van der Waals surface area contributed by atoms with Gasteiger partial charge in [0.2, 0.25) is 0 Å². The minimum Gasteiger partial charge on any atom is -0.493 e. The first-order valence-electron chi connectivity index (χ1n) is 8.09. The van der Waals surface area contributed by atoms with E-state index in [4.69, 9.17) is 14.2 Å². The van der Waals surface area contributed by atoms with Gasteiger partial charge >= 0.3 is 5.97 Å². The Morgan fingerprint density at radius 2 is 1.62 bits per heavy atom. The topological polar surface area (TPSA) is 146 Å². The van der Waals surface area contributed by atoms with Crippen molar-refractivity contribution in [1.82, 2.24) is 10.9 Å². The van der Waals surface area contributed by atoms with Gasteiger partial charge in [-0.2, -0.15) is 0 Å². The van der Waals surface area contributed by atoms with Crippen LogP contribution in [0.5, 0.6) is 11.5 Å². The molecule has 2 rings (SSSR count). The Kier molecular flexibility index (Phi) is 7.07. The number of nitrogens with one attached hydrogen (secondary N) is 2. The summed E-state index contributed by atoms with van der Waals surface area (Å²) in [6.07, 6.45) is 0. The van der Waals surface area contributed by atoms with Gasteiger partial charge in [-0.05, 0) is 12.1 Å². The van der Waals surface area contributed by atoms with Crippen LogP contribution in [0.1, 0.15) is 20.7 Å². The molecule has 0 fully saturated rings. The second-order valence-corrected chi connectivity index (χ2v) is 5.43. The zero-order chi connectivity index (χ0) is 21.4. The van der Waals surface area contributed by atoms with Crippen molar-refractivity contribution < 1.29 is 33.5 Å². The number of carbonyl (C=O) groups excluding carboxylic acids is 3. The Bertz CT molecular complexity index is 930. The van der Waals surface area contributed by atoms with Crippen molar-refractivity contribution in [3.05, 3.63) is 63.7 Å². The van der Waals surface area contributed by atoms with Crippen molar-refractivity contribution >= 4 is 23.5 Å². The predicted molar refractivity (Wildman–Crippen MR) is 98.5 cm³/mol. The highest BCUT2D eigenvalue weighted by atomic mass is 16.6. The molecule has 29 heavy (non-hydrogen) atoms. The van der Waals surface area contributed by atoms with Gasteiger partial charge in [0.15, 0.2) is 18.1 Å². The SMILES string of the molecule is COc1cc(C(=O)OCC(=O)NNC(=O)c2ccccc2)c([N+](=O)[O-])cc1OC. The molecule has 0 aliphatic rings. The summed E-state index contributed by atoms with van der Waals surface area (Å²) in [5.74, 6) is -2.41. The average Bonchev–Trinajstić information content (AvgIpc) is 2.75. The van der Waals surface area contributed by atoms with Gasteiger partial charge in [-0.15, -0.1) is 0 Å². The predicted octanol–water partition coefficient (Wildman–Crippen LogP) is 1.23. The molecule has 0 bridgehead atoms. The van der Waals surface area contributed by atoms with Gasteiger partial charge in [-0.25, -0.2) is 4.79 Å². The van der Waals surface area contributed by atoms with Crippen molar-refractivity contribution in [3.63, 3.8) is 0 Å². The van der Waals surface area contributed by atoms with Crippen LogP contribution in [0.3, 0.4) is 0 Å². The van der Waals surface area contributed by atoms with E-state index in [1.54, 1.807) is 18.2 Å². The smallest absolute Gasteiger partial charge is 0.345 e. The lowest BCUT2D eigenvalue weighted by Gasteiger charge is -2.11. The third-order valence-electron chi connectivity index (χ3n) is 3.60. The van der Waals surface area contributed by atoms with E-state index >= 15 is 0 Å². The van der Waals surface area contributed by atoms with Gasteiger partial charge in [-0.3, -0.25) is 30.6 Å². The highest BCUT2D eigenvalue weighted by Crippen LogP contribution is 2.34. The Balaban J connectivity index is 2.00. The molecule has 0 aliphatic heterocycles. The lowest BCUT2D eigenvalue weighted by atomic mass is 10.1. The number of methoxy groups -OCH3 is 2. The molecule has 0 saturated heterocycles. The standard InChI is InChI=1S/C18H17N3O8/c1-27-14-8-12(13(21(25)26)9-15(14)28-2)18(24)29-10-16(22)19-20-17(23)11-6-4-3-5-7-11/h3-9H,10H2,1-2H3,(H,19,22)(H,20,23). The number of esters is 1. The van der Waals surface area contributed by atoms with Crippen molar-refractivity contribution in [2.45, 2.75) is 0 Å². The molecular weight excluding hydrogens is 386 g/mol. The van der Waals surface area contributed by atoms with E-state index in [1.165, 1.54) is 26.4 Å². The molecule has 2 aromatic carbocycles. The van der Waals surface area contributed by atoms with E-state index in [0.29, 0.717) is 5.56 Å². The first-order valence-corrected chi connectivity index (χ1v) is 8.09. The Labute approximate surface area is 164 Å². The highest BCUT2D eigenvalue weighted by molar-refractivity contribution is 5.97. The Morgan fingerprint density at radius 1 is 1.00 bits per heavy atom. The van der Waals surface area contributed by atoms with Gasteiger partial charge in [0.25, 0.3) is 17.5 Å². The number of hydrazine groups is 1. The van der Waals surface area contributed by atoms with E-state index in [-0.39, 0.29) is 11.5 Å². The third-order valence-corrected chi connectivity index (χ3v) is 3.60. The van der Waals surface area contributed by atoms with Crippen LogP contribution < -0.4 is 20.3 Å². The molecule has 0 heterocycles. The number of ether oxygens (including phenoxy) is 3. The number of nitro groups is 1. The molecule has 0 radical (unpaired) electrons. The summed E-state index contributed by atoms with van der Waals surface area (Å²) >= 11 is 0. The fourth-order valence-electron chi connectivity index (χ4n) is 2.22. The summed E-state index contributed by atoms with van der Waals surface area (Å²) < 4.78 is 14.8. The van der Waals surface area contributed by atoms with E-state index in [2.05, 4.69) is 10.9 Å². The van der Waals surface area contributed by atoms with Crippen molar-refractivity contribution in [1.29, 1.82) is 0 Å². The first-order chi connectivity index (χ1) is 13.9. The van der Waals surface area contributed by atoms with E-state index in [0.717, 1.165) is 12.1 Å². The number of hydrogen-bond acceptors (Lipinski definition) is 8. The number of rotatable bonds is 7. The van der Waals surface area contributed by atoms with Crippen LogP contribution in [-0.2, 0) is 9.53 Å². The fraction of sp³-hybridized carbons (Fsp3) is 0.167. The number of carbonyl (C=O) groups is 3. The maximum atomic E-state index is 12.2. The van der Waals surface area contributed by atoms with Crippen molar-refractivity contribution in [2.75, 3.05) is 20.8 Å². The molecule has 0 spiro atoms. The molecule has 152 valence electrons. The minimum absolute atomic E-state index is 0.0529. The van der Waals surface area contributed by atoms with Crippen LogP contribution >= 0.6 is 0 Å². The molecular formula is C18H17N3O8. The molecule has 0 aliphatic carbocycles. The maximum absolute atomic E-state index is 12.2. The maximum Gasteiger partial charge on any atom is 0.345 e. The zero-order valence-electron chi connectivity index (χ0n) is 15.5. The molecule has 0 atom stereocenters.